The van der Waals surface area contributed by atoms with Crippen molar-refractivity contribution in [3.63, 3.8) is 0 Å². The highest BCUT2D eigenvalue weighted by atomic mass is 19.1. The van der Waals surface area contributed by atoms with Crippen LogP contribution in [-0.4, -0.2) is 33.2 Å². The summed E-state index contributed by atoms with van der Waals surface area (Å²) in [5.74, 6) is -0.291. The van der Waals surface area contributed by atoms with Gasteiger partial charge in [-0.15, -0.1) is 0 Å². The largest absolute Gasteiger partial charge is 0.334 e. The number of hydrogen-bond donors (Lipinski definition) is 1. The van der Waals surface area contributed by atoms with Gasteiger partial charge in [-0.2, -0.15) is 5.10 Å². The first-order chi connectivity index (χ1) is 14.5. The number of hydrogen-bond acceptors (Lipinski definition) is 3. The third-order valence-corrected chi connectivity index (χ3v) is 5.29. The molecule has 1 aromatic heterocycles. The van der Waals surface area contributed by atoms with Crippen molar-refractivity contribution in [1.29, 1.82) is 0 Å². The number of amides is 1. The summed E-state index contributed by atoms with van der Waals surface area (Å²) in [5.41, 5.74) is 8.49. The smallest absolute Gasteiger partial charge is 0.224 e. The van der Waals surface area contributed by atoms with Gasteiger partial charge in [0.1, 0.15) is 5.82 Å². The fourth-order valence-corrected chi connectivity index (χ4v) is 3.89. The van der Waals surface area contributed by atoms with Crippen molar-refractivity contribution >= 4 is 11.6 Å². The van der Waals surface area contributed by atoms with Gasteiger partial charge in [0.05, 0.1) is 17.4 Å². The van der Waals surface area contributed by atoms with E-state index < -0.39 is 6.04 Å². The molecule has 2 N–H and O–H groups in total. The molecule has 5 nitrogen and oxygen atoms in total. The van der Waals surface area contributed by atoms with Crippen molar-refractivity contribution in [3.05, 3.63) is 84.5 Å². The van der Waals surface area contributed by atoms with Crippen LogP contribution in [0.2, 0.25) is 0 Å². The summed E-state index contributed by atoms with van der Waals surface area (Å²) in [4.78, 5) is 14.8. The Labute approximate surface area is 177 Å². The molecule has 2 heterocycles. The van der Waals surface area contributed by atoms with Gasteiger partial charge in [0, 0.05) is 25.2 Å². The van der Waals surface area contributed by atoms with E-state index in [4.69, 9.17) is 10.8 Å². The molecule has 158 valence electrons. The number of allylic oxidation sites excluding steroid dienone is 5. The van der Waals surface area contributed by atoms with Gasteiger partial charge in [0.25, 0.3) is 0 Å². The second-order valence-corrected chi connectivity index (χ2v) is 7.52. The lowest BCUT2D eigenvalue weighted by atomic mass is 10.0. The SMILES string of the molecule is C=CC=C(C=CC)n1ccc(C2CCCN2C(=O)CC(N)Cc2ccccc2F)n1. The van der Waals surface area contributed by atoms with Gasteiger partial charge in [-0.3, -0.25) is 4.79 Å². The van der Waals surface area contributed by atoms with Gasteiger partial charge >= 0.3 is 0 Å². The summed E-state index contributed by atoms with van der Waals surface area (Å²) in [6, 6.07) is 8.03. The van der Waals surface area contributed by atoms with E-state index in [2.05, 4.69) is 6.58 Å². The van der Waals surface area contributed by atoms with E-state index in [1.54, 1.807) is 29.0 Å². The Bertz CT molecular complexity index is 946. The van der Waals surface area contributed by atoms with Gasteiger partial charge in [-0.25, -0.2) is 9.07 Å². The summed E-state index contributed by atoms with van der Waals surface area (Å²) < 4.78 is 15.7. The molecule has 30 heavy (non-hydrogen) atoms. The minimum atomic E-state index is -0.426. The fraction of sp³-hybridized carbons (Fsp3) is 0.333. The molecule has 0 bridgehead atoms. The quantitative estimate of drug-likeness (QED) is 0.664. The summed E-state index contributed by atoms with van der Waals surface area (Å²) in [6.07, 6.45) is 11.7. The zero-order valence-electron chi connectivity index (χ0n) is 17.4. The number of carbonyl (C=O) groups is 1. The summed E-state index contributed by atoms with van der Waals surface area (Å²) in [7, 11) is 0. The van der Waals surface area contributed by atoms with Crippen molar-refractivity contribution < 1.29 is 9.18 Å². The predicted octanol–water partition coefficient (Wildman–Crippen LogP) is 4.25. The van der Waals surface area contributed by atoms with Crippen molar-refractivity contribution in [2.24, 2.45) is 5.73 Å². The molecule has 0 spiro atoms. The first-order valence-corrected chi connectivity index (χ1v) is 10.3. The lowest BCUT2D eigenvalue weighted by molar-refractivity contribution is -0.132. The van der Waals surface area contributed by atoms with Gasteiger partial charge in [0.2, 0.25) is 5.91 Å². The molecular formula is C24H29FN4O. The zero-order chi connectivity index (χ0) is 21.5. The third kappa shape index (κ3) is 5.13. The van der Waals surface area contributed by atoms with E-state index >= 15 is 0 Å². The Hall–Kier alpha value is -2.99. The lowest BCUT2D eigenvalue weighted by Gasteiger charge is -2.25. The number of benzene rings is 1. The molecule has 1 aliphatic heterocycles. The first-order valence-electron chi connectivity index (χ1n) is 10.3. The van der Waals surface area contributed by atoms with Crippen LogP contribution >= 0.6 is 0 Å². The van der Waals surface area contributed by atoms with E-state index in [0.717, 1.165) is 24.2 Å². The molecule has 1 fully saturated rings. The Kier molecular flexibility index (Phi) is 7.36. The maximum absolute atomic E-state index is 13.9. The van der Waals surface area contributed by atoms with E-state index in [9.17, 15) is 9.18 Å². The number of aromatic nitrogens is 2. The maximum Gasteiger partial charge on any atom is 0.224 e. The second-order valence-electron chi connectivity index (χ2n) is 7.52. The average Bonchev–Trinajstić information content (AvgIpc) is 3.39. The highest BCUT2D eigenvalue weighted by Gasteiger charge is 2.32. The maximum atomic E-state index is 13.9. The summed E-state index contributed by atoms with van der Waals surface area (Å²) in [5, 5.41) is 4.70. The van der Waals surface area contributed by atoms with Crippen LogP contribution in [-0.2, 0) is 11.2 Å². The van der Waals surface area contributed by atoms with Crippen LogP contribution < -0.4 is 5.73 Å². The van der Waals surface area contributed by atoms with E-state index in [-0.39, 0.29) is 24.2 Å². The molecule has 3 rings (SSSR count). The Morgan fingerprint density at radius 2 is 2.20 bits per heavy atom. The van der Waals surface area contributed by atoms with Crippen molar-refractivity contribution in [1.82, 2.24) is 14.7 Å². The minimum absolute atomic E-state index is 0.00815. The van der Waals surface area contributed by atoms with Crippen LogP contribution in [0, 0.1) is 5.82 Å². The molecule has 0 aliphatic carbocycles. The highest BCUT2D eigenvalue weighted by Crippen LogP contribution is 2.32. The molecule has 2 aromatic rings. The summed E-state index contributed by atoms with van der Waals surface area (Å²) in [6.45, 7) is 6.39. The van der Waals surface area contributed by atoms with Gasteiger partial charge in [-0.05, 0) is 56.0 Å². The number of rotatable bonds is 8. The molecular weight excluding hydrogens is 379 g/mol. The number of halogens is 1. The molecule has 2 unspecified atom stereocenters. The van der Waals surface area contributed by atoms with E-state index in [1.165, 1.54) is 6.07 Å². The van der Waals surface area contributed by atoms with Crippen molar-refractivity contribution in [2.45, 2.75) is 44.7 Å². The van der Waals surface area contributed by atoms with Crippen LogP contribution in [0.25, 0.3) is 5.70 Å². The molecule has 1 amide bonds. The molecule has 6 heteroatoms. The zero-order valence-corrected chi connectivity index (χ0v) is 17.4. The number of carbonyl (C=O) groups excluding carboxylic acids is 1. The van der Waals surface area contributed by atoms with E-state index in [1.807, 2.05) is 42.3 Å². The Morgan fingerprint density at radius 3 is 2.93 bits per heavy atom. The van der Waals surface area contributed by atoms with Crippen LogP contribution in [0.15, 0.2) is 67.4 Å². The Balaban J connectivity index is 1.68. The first kappa shape index (κ1) is 21.7. The number of nitrogens with two attached hydrogens (primary N) is 1. The van der Waals surface area contributed by atoms with Gasteiger partial charge in [0.15, 0.2) is 0 Å². The average molecular weight is 409 g/mol. The van der Waals surface area contributed by atoms with E-state index in [0.29, 0.717) is 18.5 Å². The van der Waals surface area contributed by atoms with Gasteiger partial charge < -0.3 is 10.6 Å². The molecule has 0 saturated carbocycles. The molecule has 1 saturated heterocycles. The molecule has 1 aromatic carbocycles. The number of likely N-dealkylation sites (tertiary alicyclic amines) is 1. The Morgan fingerprint density at radius 1 is 1.40 bits per heavy atom. The number of nitrogens with zero attached hydrogens (tertiary/aromatic N) is 3. The minimum Gasteiger partial charge on any atom is -0.334 e. The molecule has 1 aliphatic rings. The van der Waals surface area contributed by atoms with Crippen LogP contribution in [0.5, 0.6) is 0 Å². The van der Waals surface area contributed by atoms with Gasteiger partial charge in [-0.1, -0.05) is 36.9 Å². The topological polar surface area (TPSA) is 64.2 Å². The van der Waals surface area contributed by atoms with Crippen LogP contribution in [0.4, 0.5) is 4.39 Å². The predicted molar refractivity (Wildman–Crippen MR) is 118 cm³/mol. The lowest BCUT2D eigenvalue weighted by Crippen LogP contribution is -2.36. The second kappa shape index (κ2) is 10.2. The van der Waals surface area contributed by atoms with Crippen LogP contribution in [0.1, 0.15) is 43.5 Å². The standard InChI is InChI=1S/C24H29FN4O/c1-3-8-20(9-4-2)29-15-13-22(27-29)23-12-7-14-28(23)24(30)17-19(26)16-18-10-5-6-11-21(18)25/h3-6,8-11,13,15,19,23H,1,7,12,14,16-17,26H2,2H3. The summed E-state index contributed by atoms with van der Waals surface area (Å²) >= 11 is 0. The third-order valence-electron chi connectivity index (χ3n) is 5.29. The fourth-order valence-electron chi connectivity index (χ4n) is 3.89. The molecule has 0 radical (unpaired) electrons. The normalized spacial score (nSPS) is 18.2. The van der Waals surface area contributed by atoms with Crippen molar-refractivity contribution in [2.75, 3.05) is 6.54 Å². The van der Waals surface area contributed by atoms with Crippen molar-refractivity contribution in [3.8, 4) is 0 Å². The van der Waals surface area contributed by atoms with Crippen LogP contribution in [0.3, 0.4) is 0 Å². The monoisotopic (exact) mass is 408 g/mol. The highest BCUT2D eigenvalue weighted by molar-refractivity contribution is 5.77. The molecule has 2 atom stereocenters.